The molecule has 0 spiro atoms. The van der Waals surface area contributed by atoms with Crippen molar-refractivity contribution in [2.24, 2.45) is 10.7 Å². The fraction of sp³-hybridized carbons (Fsp3) is 0.167. The number of aliphatic imine (C=N–C) groups is 1. The van der Waals surface area contributed by atoms with Crippen LogP contribution in [-0.4, -0.2) is 25.0 Å². The number of anilines is 1. The Morgan fingerprint density at radius 1 is 1.28 bits per heavy atom. The SMILES string of the molecule is NC1NC(=O)C2=C(N=CCN2c2ccccc2)N1. The van der Waals surface area contributed by atoms with Crippen LogP contribution in [0.15, 0.2) is 46.8 Å². The van der Waals surface area contributed by atoms with Gasteiger partial charge in [0, 0.05) is 11.9 Å². The predicted molar refractivity (Wildman–Crippen MR) is 68.6 cm³/mol. The summed E-state index contributed by atoms with van der Waals surface area (Å²) in [5.74, 6) is 0.304. The minimum Gasteiger partial charge on any atom is -0.336 e. The Kier molecular flexibility index (Phi) is 2.49. The molecule has 1 atom stereocenters. The minimum absolute atomic E-state index is 0.211. The van der Waals surface area contributed by atoms with Crippen LogP contribution >= 0.6 is 0 Å². The van der Waals surface area contributed by atoms with Gasteiger partial charge in [-0.15, -0.1) is 0 Å². The van der Waals surface area contributed by atoms with Gasteiger partial charge in [-0.1, -0.05) is 18.2 Å². The molecule has 0 saturated heterocycles. The third-order valence-electron chi connectivity index (χ3n) is 2.84. The monoisotopic (exact) mass is 243 g/mol. The molecule has 3 rings (SSSR count). The van der Waals surface area contributed by atoms with E-state index in [2.05, 4.69) is 15.6 Å². The minimum atomic E-state index is -0.593. The summed E-state index contributed by atoms with van der Waals surface area (Å²) >= 11 is 0. The number of nitrogens with one attached hydrogen (secondary N) is 2. The van der Waals surface area contributed by atoms with Crippen molar-refractivity contribution < 1.29 is 4.79 Å². The summed E-state index contributed by atoms with van der Waals surface area (Å²) in [6.45, 7) is 0.563. The summed E-state index contributed by atoms with van der Waals surface area (Å²) in [7, 11) is 0. The normalized spacial score (nSPS) is 22.4. The second-order valence-corrected chi connectivity index (χ2v) is 4.05. The number of carbonyl (C=O) groups excluding carboxylic acids is 1. The molecule has 2 aliphatic rings. The van der Waals surface area contributed by atoms with Gasteiger partial charge in [-0.05, 0) is 12.1 Å². The Morgan fingerprint density at radius 2 is 2.06 bits per heavy atom. The lowest BCUT2D eigenvalue weighted by Gasteiger charge is -2.34. The Bertz CT molecular complexity index is 537. The van der Waals surface area contributed by atoms with Crippen LogP contribution < -0.4 is 21.3 Å². The maximum atomic E-state index is 12.0. The smallest absolute Gasteiger partial charge is 0.274 e. The number of hydrogen-bond donors (Lipinski definition) is 3. The molecule has 2 heterocycles. The second-order valence-electron chi connectivity index (χ2n) is 4.05. The molecular weight excluding hydrogens is 230 g/mol. The van der Waals surface area contributed by atoms with Gasteiger partial charge in [0.1, 0.15) is 0 Å². The first kappa shape index (κ1) is 10.8. The molecule has 1 aromatic rings. The van der Waals surface area contributed by atoms with Crippen molar-refractivity contribution in [3.05, 3.63) is 41.8 Å². The zero-order chi connectivity index (χ0) is 12.5. The average Bonchev–Trinajstić information content (AvgIpc) is 2.38. The molecule has 0 radical (unpaired) electrons. The molecule has 2 aliphatic heterocycles. The van der Waals surface area contributed by atoms with Crippen LogP contribution in [0.4, 0.5) is 5.69 Å². The summed E-state index contributed by atoms with van der Waals surface area (Å²) in [5, 5.41) is 5.57. The van der Waals surface area contributed by atoms with E-state index in [-0.39, 0.29) is 5.91 Å². The lowest BCUT2D eigenvalue weighted by Crippen LogP contribution is -2.58. The number of rotatable bonds is 1. The van der Waals surface area contributed by atoms with Crippen molar-refractivity contribution in [2.75, 3.05) is 11.4 Å². The van der Waals surface area contributed by atoms with Gasteiger partial charge in [0.05, 0.1) is 6.54 Å². The van der Waals surface area contributed by atoms with Crippen LogP contribution in [0.3, 0.4) is 0 Å². The van der Waals surface area contributed by atoms with Crippen LogP contribution in [0.1, 0.15) is 0 Å². The number of hydrogen-bond acceptors (Lipinski definition) is 5. The van der Waals surface area contributed by atoms with Gasteiger partial charge in [0.15, 0.2) is 17.8 Å². The summed E-state index contributed by atoms with van der Waals surface area (Å²) < 4.78 is 0. The summed E-state index contributed by atoms with van der Waals surface area (Å²) in [6.07, 6.45) is 1.16. The van der Waals surface area contributed by atoms with Crippen molar-refractivity contribution in [2.45, 2.75) is 6.29 Å². The van der Waals surface area contributed by atoms with E-state index in [1.165, 1.54) is 0 Å². The van der Waals surface area contributed by atoms with Crippen LogP contribution in [0.5, 0.6) is 0 Å². The Hall–Kier alpha value is -2.34. The van der Waals surface area contributed by atoms with Gasteiger partial charge < -0.3 is 15.5 Å². The Labute approximate surface area is 104 Å². The molecule has 0 fully saturated rings. The van der Waals surface area contributed by atoms with Gasteiger partial charge in [-0.2, -0.15) is 0 Å². The van der Waals surface area contributed by atoms with E-state index in [0.29, 0.717) is 18.1 Å². The van der Waals surface area contributed by atoms with Crippen LogP contribution in [0.2, 0.25) is 0 Å². The fourth-order valence-electron chi connectivity index (χ4n) is 2.07. The molecule has 18 heavy (non-hydrogen) atoms. The number of benzene rings is 1. The van der Waals surface area contributed by atoms with Crippen molar-refractivity contribution in [1.29, 1.82) is 0 Å². The van der Waals surface area contributed by atoms with E-state index in [4.69, 9.17) is 5.73 Å². The highest BCUT2D eigenvalue weighted by Crippen LogP contribution is 2.24. The third-order valence-corrected chi connectivity index (χ3v) is 2.84. The maximum absolute atomic E-state index is 12.0. The third kappa shape index (κ3) is 1.72. The lowest BCUT2D eigenvalue weighted by molar-refractivity contribution is -0.119. The largest absolute Gasteiger partial charge is 0.336 e. The highest BCUT2D eigenvalue weighted by molar-refractivity contribution is 6.00. The molecule has 1 unspecified atom stereocenters. The van der Waals surface area contributed by atoms with E-state index in [1.807, 2.05) is 35.2 Å². The van der Waals surface area contributed by atoms with Crippen LogP contribution in [-0.2, 0) is 4.79 Å². The van der Waals surface area contributed by atoms with Crippen molar-refractivity contribution in [3.63, 3.8) is 0 Å². The zero-order valence-corrected chi connectivity index (χ0v) is 9.63. The first-order valence-electron chi connectivity index (χ1n) is 5.68. The highest BCUT2D eigenvalue weighted by Gasteiger charge is 2.30. The van der Waals surface area contributed by atoms with Crippen molar-refractivity contribution in [3.8, 4) is 0 Å². The van der Waals surface area contributed by atoms with Gasteiger partial charge in [0.2, 0.25) is 0 Å². The maximum Gasteiger partial charge on any atom is 0.274 e. The number of amides is 1. The lowest BCUT2D eigenvalue weighted by atomic mass is 10.2. The second kappa shape index (κ2) is 4.15. The molecule has 92 valence electrons. The van der Waals surface area contributed by atoms with Gasteiger partial charge in [-0.25, -0.2) is 4.99 Å². The standard InChI is InChI=1S/C12H13N5O/c13-12-15-10-9(11(18)16-12)17(7-6-14-10)8-4-2-1-3-5-8/h1-6,12,15H,7,13H2,(H,16,18). The van der Waals surface area contributed by atoms with Crippen LogP contribution in [0.25, 0.3) is 0 Å². The molecule has 1 aromatic carbocycles. The van der Waals surface area contributed by atoms with Crippen molar-refractivity contribution >= 4 is 17.8 Å². The van der Waals surface area contributed by atoms with Crippen LogP contribution in [0, 0.1) is 0 Å². The zero-order valence-electron chi connectivity index (χ0n) is 9.63. The van der Waals surface area contributed by atoms with E-state index >= 15 is 0 Å². The molecule has 0 saturated carbocycles. The molecule has 0 aromatic heterocycles. The van der Waals surface area contributed by atoms with E-state index in [0.717, 1.165) is 5.69 Å². The Morgan fingerprint density at radius 3 is 2.83 bits per heavy atom. The molecule has 0 bridgehead atoms. The van der Waals surface area contributed by atoms with Gasteiger partial charge >= 0.3 is 0 Å². The molecule has 4 N–H and O–H groups in total. The van der Waals surface area contributed by atoms with Crippen molar-refractivity contribution in [1.82, 2.24) is 10.6 Å². The summed E-state index contributed by atoms with van der Waals surface area (Å²) in [5.41, 5.74) is 7.10. The van der Waals surface area contributed by atoms with Gasteiger partial charge in [0.25, 0.3) is 5.91 Å². The molecule has 6 heteroatoms. The number of nitrogens with zero attached hydrogens (tertiary/aromatic N) is 2. The predicted octanol–water partition coefficient (Wildman–Crippen LogP) is -0.292. The molecule has 1 amide bonds. The highest BCUT2D eigenvalue weighted by atomic mass is 16.2. The Balaban J connectivity index is 2.03. The first-order valence-corrected chi connectivity index (χ1v) is 5.68. The quantitative estimate of drug-likeness (QED) is 0.633. The molecule has 0 aliphatic carbocycles. The number of carbonyl (C=O) groups is 1. The summed E-state index contributed by atoms with van der Waals surface area (Å²) in [6, 6.07) is 9.70. The average molecular weight is 243 g/mol. The number of nitrogens with two attached hydrogens (primary N) is 1. The van der Waals surface area contributed by atoms with E-state index in [9.17, 15) is 4.79 Å². The first-order chi connectivity index (χ1) is 8.75. The van der Waals surface area contributed by atoms with E-state index in [1.54, 1.807) is 6.21 Å². The topological polar surface area (TPSA) is 82.7 Å². The van der Waals surface area contributed by atoms with Gasteiger partial charge in [-0.3, -0.25) is 10.5 Å². The van der Waals surface area contributed by atoms with E-state index < -0.39 is 6.29 Å². The molecule has 6 nitrogen and oxygen atoms in total. The molecular formula is C12H13N5O. The summed E-state index contributed by atoms with van der Waals surface area (Å²) in [4.78, 5) is 18.1. The number of para-hydroxylation sites is 1. The fourth-order valence-corrected chi connectivity index (χ4v) is 2.07.